The van der Waals surface area contributed by atoms with E-state index < -0.39 is 11.8 Å². The van der Waals surface area contributed by atoms with Gasteiger partial charge in [0.2, 0.25) is 0 Å². The van der Waals surface area contributed by atoms with Crippen molar-refractivity contribution in [2.75, 3.05) is 10.6 Å². The van der Waals surface area contributed by atoms with Gasteiger partial charge in [-0.3, -0.25) is 4.79 Å². The van der Waals surface area contributed by atoms with E-state index in [2.05, 4.69) is 25.6 Å². The molecule has 150 valence electrons. The maximum atomic E-state index is 13.4. The summed E-state index contributed by atoms with van der Waals surface area (Å²) in [6, 6.07) is 8.19. The molecule has 3 N–H and O–H groups in total. The molecule has 1 saturated carbocycles. The minimum absolute atomic E-state index is 0.0145. The van der Waals surface area contributed by atoms with Crippen LogP contribution in [0.5, 0.6) is 0 Å². The standard InChI is InChI=1S/C20H19ClFN5O2/c21-14-9-13(5-6-15(14)22)26-19-18-16(23-10-24-19)7-8-17(27-18)25-12-3-1-11(2-4-12)20(28)29/h5-12H,1-4H2,(H,25,27)(H,28,29)(H,23,24,26)/t11-,12-. The van der Waals surface area contributed by atoms with Gasteiger partial charge in [0, 0.05) is 11.7 Å². The fraction of sp³-hybridized carbons (Fsp3) is 0.300. The largest absolute Gasteiger partial charge is 0.481 e. The van der Waals surface area contributed by atoms with Crippen molar-refractivity contribution in [3.63, 3.8) is 0 Å². The Hall–Kier alpha value is -3.00. The van der Waals surface area contributed by atoms with Gasteiger partial charge in [-0.25, -0.2) is 19.3 Å². The molecule has 7 nitrogen and oxygen atoms in total. The van der Waals surface area contributed by atoms with Gasteiger partial charge in [0.25, 0.3) is 0 Å². The molecule has 0 atom stereocenters. The first kappa shape index (κ1) is 19.3. The van der Waals surface area contributed by atoms with E-state index in [1.807, 2.05) is 12.1 Å². The van der Waals surface area contributed by atoms with Crippen molar-refractivity contribution < 1.29 is 14.3 Å². The minimum Gasteiger partial charge on any atom is -0.481 e. The van der Waals surface area contributed by atoms with Crippen molar-refractivity contribution in [2.24, 2.45) is 5.92 Å². The van der Waals surface area contributed by atoms with Crippen molar-refractivity contribution in [3.8, 4) is 0 Å². The first-order chi connectivity index (χ1) is 14.0. The van der Waals surface area contributed by atoms with Crippen LogP contribution in [0.15, 0.2) is 36.7 Å². The van der Waals surface area contributed by atoms with E-state index in [4.69, 9.17) is 16.7 Å². The molecule has 1 aliphatic rings. The summed E-state index contributed by atoms with van der Waals surface area (Å²) in [5, 5.41) is 15.6. The molecule has 0 spiro atoms. The van der Waals surface area contributed by atoms with Crippen LogP contribution in [0.25, 0.3) is 11.0 Å². The second-order valence-corrected chi connectivity index (χ2v) is 7.48. The van der Waals surface area contributed by atoms with Gasteiger partial charge in [0.1, 0.15) is 23.5 Å². The van der Waals surface area contributed by atoms with Crippen molar-refractivity contribution in [2.45, 2.75) is 31.7 Å². The lowest BCUT2D eigenvalue weighted by atomic mass is 9.86. The Morgan fingerprint density at radius 2 is 1.93 bits per heavy atom. The number of rotatable bonds is 5. The monoisotopic (exact) mass is 415 g/mol. The van der Waals surface area contributed by atoms with Crippen LogP contribution in [0, 0.1) is 11.7 Å². The number of pyridine rings is 1. The number of nitrogens with zero attached hydrogens (tertiary/aromatic N) is 3. The third-order valence-electron chi connectivity index (χ3n) is 5.09. The van der Waals surface area contributed by atoms with E-state index in [0.717, 1.165) is 12.8 Å². The van der Waals surface area contributed by atoms with Crippen molar-refractivity contribution in [1.82, 2.24) is 15.0 Å². The lowest BCUT2D eigenvalue weighted by Gasteiger charge is -2.27. The highest BCUT2D eigenvalue weighted by molar-refractivity contribution is 6.31. The van der Waals surface area contributed by atoms with Crippen LogP contribution in [0.2, 0.25) is 5.02 Å². The topological polar surface area (TPSA) is 100 Å². The molecule has 2 heterocycles. The number of halogens is 2. The van der Waals surface area contributed by atoms with Crippen LogP contribution in [0.3, 0.4) is 0 Å². The second-order valence-electron chi connectivity index (χ2n) is 7.07. The summed E-state index contributed by atoms with van der Waals surface area (Å²) in [5.41, 5.74) is 1.82. The maximum absolute atomic E-state index is 13.4. The number of nitrogens with one attached hydrogen (secondary N) is 2. The summed E-state index contributed by atoms with van der Waals surface area (Å²) in [4.78, 5) is 24.2. The smallest absolute Gasteiger partial charge is 0.306 e. The molecule has 4 rings (SSSR count). The molecular formula is C20H19ClFN5O2. The highest BCUT2D eigenvalue weighted by Gasteiger charge is 2.26. The molecule has 0 amide bonds. The summed E-state index contributed by atoms with van der Waals surface area (Å²) in [6.45, 7) is 0. The number of hydrogen-bond donors (Lipinski definition) is 3. The van der Waals surface area contributed by atoms with E-state index in [0.29, 0.717) is 41.2 Å². The molecule has 29 heavy (non-hydrogen) atoms. The number of carboxylic acid groups (broad SMARTS) is 1. The zero-order chi connectivity index (χ0) is 20.4. The van der Waals surface area contributed by atoms with E-state index in [1.165, 1.54) is 18.5 Å². The van der Waals surface area contributed by atoms with Crippen molar-refractivity contribution in [1.29, 1.82) is 0 Å². The molecule has 3 aromatic rings. The summed E-state index contributed by atoms with van der Waals surface area (Å²) in [6.07, 6.45) is 4.30. The maximum Gasteiger partial charge on any atom is 0.306 e. The molecule has 0 radical (unpaired) electrons. The number of anilines is 3. The van der Waals surface area contributed by atoms with Crippen molar-refractivity contribution >= 4 is 45.9 Å². The zero-order valence-electron chi connectivity index (χ0n) is 15.4. The molecule has 9 heteroatoms. The van der Waals surface area contributed by atoms with Crippen LogP contribution in [-0.2, 0) is 4.79 Å². The predicted molar refractivity (Wildman–Crippen MR) is 109 cm³/mol. The molecular weight excluding hydrogens is 397 g/mol. The fourth-order valence-corrected chi connectivity index (χ4v) is 3.70. The van der Waals surface area contributed by atoms with Gasteiger partial charge in [-0.15, -0.1) is 0 Å². The number of hydrogen-bond acceptors (Lipinski definition) is 6. The van der Waals surface area contributed by atoms with E-state index in [-0.39, 0.29) is 17.0 Å². The minimum atomic E-state index is -0.721. The third kappa shape index (κ3) is 4.37. The number of carboxylic acids is 1. The Balaban J connectivity index is 1.54. The second kappa shape index (κ2) is 8.16. The van der Waals surface area contributed by atoms with Crippen molar-refractivity contribution in [3.05, 3.63) is 47.5 Å². The SMILES string of the molecule is O=C(O)[C@H]1CC[C@H](Nc2ccc3ncnc(Nc4ccc(F)c(Cl)c4)c3n2)CC1. The molecule has 0 unspecified atom stereocenters. The summed E-state index contributed by atoms with van der Waals surface area (Å²) in [5.74, 6) is -0.320. The Bertz CT molecular complexity index is 1060. The molecule has 0 bridgehead atoms. The number of carbonyl (C=O) groups is 1. The van der Waals surface area contributed by atoms with Gasteiger partial charge < -0.3 is 15.7 Å². The van der Waals surface area contributed by atoms with E-state index >= 15 is 0 Å². The Labute approximate surface area is 171 Å². The van der Waals surface area contributed by atoms with Gasteiger partial charge in [-0.05, 0) is 56.0 Å². The highest BCUT2D eigenvalue weighted by atomic mass is 35.5. The van der Waals surface area contributed by atoms with Gasteiger partial charge in [0.05, 0.1) is 16.5 Å². The van der Waals surface area contributed by atoms with Crippen LogP contribution < -0.4 is 10.6 Å². The van der Waals surface area contributed by atoms with Gasteiger partial charge in [0.15, 0.2) is 5.82 Å². The lowest BCUT2D eigenvalue weighted by Crippen LogP contribution is -2.29. The Kier molecular flexibility index (Phi) is 5.44. The number of fused-ring (bicyclic) bond motifs is 1. The predicted octanol–water partition coefficient (Wildman–Crippen LogP) is 4.62. The number of benzene rings is 1. The average Bonchev–Trinajstić information content (AvgIpc) is 2.71. The molecule has 0 aliphatic heterocycles. The number of aliphatic carboxylic acids is 1. The molecule has 1 aliphatic carbocycles. The summed E-state index contributed by atoms with van der Waals surface area (Å²) in [7, 11) is 0. The summed E-state index contributed by atoms with van der Waals surface area (Å²) < 4.78 is 13.4. The zero-order valence-corrected chi connectivity index (χ0v) is 16.2. The van der Waals surface area contributed by atoms with Crippen LogP contribution >= 0.6 is 11.6 Å². The number of aromatic nitrogens is 3. The van der Waals surface area contributed by atoms with E-state index in [9.17, 15) is 9.18 Å². The van der Waals surface area contributed by atoms with Gasteiger partial charge in [-0.2, -0.15) is 0 Å². The van der Waals surface area contributed by atoms with Crippen LogP contribution in [0.1, 0.15) is 25.7 Å². The van der Waals surface area contributed by atoms with Gasteiger partial charge in [-0.1, -0.05) is 11.6 Å². The lowest BCUT2D eigenvalue weighted by molar-refractivity contribution is -0.142. The first-order valence-electron chi connectivity index (χ1n) is 9.33. The molecule has 1 fully saturated rings. The van der Waals surface area contributed by atoms with Crippen LogP contribution in [-0.4, -0.2) is 32.1 Å². The third-order valence-corrected chi connectivity index (χ3v) is 5.38. The van der Waals surface area contributed by atoms with Crippen LogP contribution in [0.4, 0.5) is 21.7 Å². The molecule has 2 aromatic heterocycles. The summed E-state index contributed by atoms with van der Waals surface area (Å²) >= 11 is 5.85. The highest BCUT2D eigenvalue weighted by Crippen LogP contribution is 2.28. The van der Waals surface area contributed by atoms with E-state index in [1.54, 1.807) is 6.07 Å². The average molecular weight is 416 g/mol. The molecule has 0 saturated heterocycles. The quantitative estimate of drug-likeness (QED) is 0.559. The van der Waals surface area contributed by atoms with Gasteiger partial charge >= 0.3 is 5.97 Å². The fourth-order valence-electron chi connectivity index (χ4n) is 3.52. The normalized spacial score (nSPS) is 19.1. The Morgan fingerprint density at radius 1 is 1.14 bits per heavy atom. The first-order valence-corrected chi connectivity index (χ1v) is 9.70. The Morgan fingerprint density at radius 3 is 2.66 bits per heavy atom. The molecule has 1 aromatic carbocycles.